The second kappa shape index (κ2) is 5.69. The Bertz CT molecular complexity index is 470. The molecule has 2 rings (SSSR count). The van der Waals surface area contributed by atoms with E-state index < -0.39 is 11.1 Å². The molecule has 21 heavy (non-hydrogen) atoms. The lowest BCUT2D eigenvalue weighted by atomic mass is 9.70. The summed E-state index contributed by atoms with van der Waals surface area (Å²) >= 11 is 0. The minimum atomic E-state index is -0.567. The van der Waals surface area contributed by atoms with Crippen LogP contribution in [0.1, 0.15) is 77.9 Å². The molecule has 0 aliphatic heterocycles. The van der Waals surface area contributed by atoms with E-state index in [1.54, 1.807) is 7.11 Å². The van der Waals surface area contributed by atoms with Gasteiger partial charge in [0.2, 0.25) is 11.7 Å². The fourth-order valence-electron chi connectivity index (χ4n) is 3.12. The van der Waals surface area contributed by atoms with Crippen LogP contribution in [0.2, 0.25) is 0 Å². The van der Waals surface area contributed by atoms with Crippen molar-refractivity contribution in [2.45, 2.75) is 77.4 Å². The molecule has 1 fully saturated rings. The van der Waals surface area contributed by atoms with E-state index in [2.05, 4.69) is 30.9 Å². The third kappa shape index (κ3) is 3.29. The summed E-state index contributed by atoms with van der Waals surface area (Å²) < 4.78 is 11.3. The highest BCUT2D eigenvalue weighted by molar-refractivity contribution is 5.08. The molecule has 1 heterocycles. The van der Waals surface area contributed by atoms with Gasteiger partial charge in [-0.25, -0.2) is 0 Å². The zero-order valence-corrected chi connectivity index (χ0v) is 14.0. The van der Waals surface area contributed by atoms with Crippen molar-refractivity contribution in [3.63, 3.8) is 0 Å². The average Bonchev–Trinajstić information content (AvgIpc) is 2.90. The van der Waals surface area contributed by atoms with Crippen LogP contribution in [0.5, 0.6) is 0 Å². The molecule has 1 unspecified atom stereocenters. The molecular weight excluding hydrogens is 266 g/mol. The van der Waals surface area contributed by atoms with Gasteiger partial charge in [-0.3, -0.25) is 0 Å². The Labute approximate surface area is 127 Å². The number of hydrogen-bond donors (Lipinski definition) is 1. The topological polar surface area (TPSA) is 74.2 Å². The number of hydrogen-bond acceptors (Lipinski definition) is 5. The van der Waals surface area contributed by atoms with E-state index in [4.69, 9.17) is 15.0 Å². The van der Waals surface area contributed by atoms with Crippen molar-refractivity contribution in [3.05, 3.63) is 11.7 Å². The van der Waals surface area contributed by atoms with Gasteiger partial charge in [0.25, 0.3) is 0 Å². The first-order chi connectivity index (χ1) is 9.75. The Morgan fingerprint density at radius 1 is 1.29 bits per heavy atom. The molecule has 1 aromatic heterocycles. The maximum absolute atomic E-state index is 6.28. The monoisotopic (exact) mass is 295 g/mol. The standard InChI is InChI=1S/C16H29N3O2/c1-6-7-15(4,17)13-18-12(19-21-13)16(20-5)10-8-14(2,3)9-11-16/h6-11,17H2,1-5H3. The van der Waals surface area contributed by atoms with Crippen molar-refractivity contribution < 1.29 is 9.26 Å². The minimum absolute atomic E-state index is 0.360. The molecule has 5 heteroatoms. The Morgan fingerprint density at radius 3 is 2.43 bits per heavy atom. The second-order valence-corrected chi connectivity index (χ2v) is 7.45. The minimum Gasteiger partial charge on any atom is -0.370 e. The largest absolute Gasteiger partial charge is 0.370 e. The van der Waals surface area contributed by atoms with Gasteiger partial charge in [0.05, 0.1) is 5.54 Å². The van der Waals surface area contributed by atoms with Crippen molar-refractivity contribution in [1.29, 1.82) is 0 Å². The molecule has 0 amide bonds. The molecule has 0 radical (unpaired) electrons. The summed E-state index contributed by atoms with van der Waals surface area (Å²) in [6, 6.07) is 0. The first-order valence-corrected chi connectivity index (χ1v) is 7.93. The first-order valence-electron chi connectivity index (χ1n) is 7.93. The number of nitrogens with two attached hydrogens (primary N) is 1. The van der Waals surface area contributed by atoms with E-state index in [9.17, 15) is 0 Å². The van der Waals surface area contributed by atoms with Crippen molar-refractivity contribution >= 4 is 0 Å². The summed E-state index contributed by atoms with van der Waals surface area (Å²) in [5.74, 6) is 1.17. The zero-order chi connectivity index (χ0) is 15.7. The molecular formula is C16H29N3O2. The fourth-order valence-corrected chi connectivity index (χ4v) is 3.12. The van der Waals surface area contributed by atoms with Gasteiger partial charge in [-0.15, -0.1) is 0 Å². The number of methoxy groups -OCH3 is 1. The van der Waals surface area contributed by atoms with Gasteiger partial charge in [0.15, 0.2) is 0 Å². The highest BCUT2D eigenvalue weighted by Gasteiger charge is 2.44. The predicted octanol–water partition coefficient (Wildman–Crippen LogP) is 3.49. The molecule has 0 bridgehead atoms. The zero-order valence-electron chi connectivity index (χ0n) is 14.0. The Morgan fingerprint density at radius 2 is 1.90 bits per heavy atom. The SMILES string of the molecule is CCCC(C)(N)c1nc(C2(OC)CCC(C)(C)CC2)no1. The smallest absolute Gasteiger partial charge is 0.246 e. The summed E-state index contributed by atoms with van der Waals surface area (Å²) in [6.07, 6.45) is 5.84. The summed E-state index contributed by atoms with van der Waals surface area (Å²) in [5, 5.41) is 4.19. The van der Waals surface area contributed by atoms with E-state index in [1.165, 1.54) is 0 Å². The lowest BCUT2D eigenvalue weighted by Gasteiger charge is -2.40. The summed E-state index contributed by atoms with van der Waals surface area (Å²) in [4.78, 5) is 4.59. The van der Waals surface area contributed by atoms with Crippen molar-refractivity contribution in [1.82, 2.24) is 10.1 Å². The van der Waals surface area contributed by atoms with Gasteiger partial charge in [-0.05, 0) is 44.4 Å². The van der Waals surface area contributed by atoms with Crippen LogP contribution < -0.4 is 5.73 Å². The quantitative estimate of drug-likeness (QED) is 0.900. The lowest BCUT2D eigenvalue weighted by molar-refractivity contribution is -0.0740. The Hall–Kier alpha value is -0.940. The van der Waals surface area contributed by atoms with Crippen LogP contribution in [0.4, 0.5) is 0 Å². The third-order valence-corrected chi connectivity index (χ3v) is 4.89. The van der Waals surface area contributed by atoms with Crippen LogP contribution in [-0.2, 0) is 15.9 Å². The molecule has 2 N–H and O–H groups in total. The fraction of sp³-hybridized carbons (Fsp3) is 0.875. The van der Waals surface area contributed by atoms with Gasteiger partial charge >= 0.3 is 0 Å². The van der Waals surface area contributed by atoms with Gasteiger partial charge in [-0.2, -0.15) is 4.98 Å². The maximum Gasteiger partial charge on any atom is 0.246 e. The molecule has 0 spiro atoms. The Kier molecular flexibility index (Phi) is 4.45. The van der Waals surface area contributed by atoms with Gasteiger partial charge in [0.1, 0.15) is 5.60 Å². The number of nitrogens with zero attached hydrogens (tertiary/aromatic N) is 2. The molecule has 1 saturated carbocycles. The van der Waals surface area contributed by atoms with Crippen LogP contribution in [0.3, 0.4) is 0 Å². The molecule has 0 saturated heterocycles. The van der Waals surface area contributed by atoms with Gasteiger partial charge in [0, 0.05) is 7.11 Å². The lowest BCUT2D eigenvalue weighted by Crippen LogP contribution is -2.38. The van der Waals surface area contributed by atoms with Crippen molar-refractivity contribution in [2.24, 2.45) is 11.1 Å². The molecule has 120 valence electrons. The van der Waals surface area contributed by atoms with E-state index in [1.807, 2.05) is 6.92 Å². The van der Waals surface area contributed by atoms with Crippen LogP contribution in [0, 0.1) is 5.41 Å². The first kappa shape index (κ1) is 16.4. The average molecular weight is 295 g/mol. The van der Waals surface area contributed by atoms with Crippen molar-refractivity contribution in [3.8, 4) is 0 Å². The highest BCUT2D eigenvalue weighted by Crippen LogP contribution is 2.46. The number of rotatable bonds is 5. The second-order valence-electron chi connectivity index (χ2n) is 7.45. The predicted molar refractivity (Wildman–Crippen MR) is 81.7 cm³/mol. The van der Waals surface area contributed by atoms with Crippen LogP contribution >= 0.6 is 0 Å². The van der Waals surface area contributed by atoms with E-state index >= 15 is 0 Å². The summed E-state index contributed by atoms with van der Waals surface area (Å²) in [7, 11) is 1.74. The van der Waals surface area contributed by atoms with Crippen LogP contribution in [0.15, 0.2) is 4.52 Å². The maximum atomic E-state index is 6.28. The molecule has 0 aromatic carbocycles. The van der Waals surface area contributed by atoms with Gasteiger partial charge in [-0.1, -0.05) is 32.3 Å². The highest BCUT2D eigenvalue weighted by atomic mass is 16.5. The van der Waals surface area contributed by atoms with Crippen molar-refractivity contribution in [2.75, 3.05) is 7.11 Å². The number of ether oxygens (including phenoxy) is 1. The molecule has 1 aliphatic rings. The third-order valence-electron chi connectivity index (χ3n) is 4.89. The molecule has 1 aromatic rings. The van der Waals surface area contributed by atoms with E-state index in [-0.39, 0.29) is 0 Å². The Balaban J connectivity index is 2.23. The normalized spacial score (nSPS) is 23.7. The summed E-state index contributed by atoms with van der Waals surface area (Å²) in [5.41, 5.74) is 5.66. The summed E-state index contributed by atoms with van der Waals surface area (Å²) in [6.45, 7) is 8.64. The van der Waals surface area contributed by atoms with Crippen LogP contribution in [0.25, 0.3) is 0 Å². The van der Waals surface area contributed by atoms with E-state index in [0.717, 1.165) is 38.5 Å². The molecule has 1 aliphatic carbocycles. The van der Waals surface area contributed by atoms with Gasteiger partial charge < -0.3 is 15.0 Å². The van der Waals surface area contributed by atoms with Crippen LogP contribution in [-0.4, -0.2) is 17.3 Å². The molecule has 5 nitrogen and oxygen atoms in total. The number of aromatic nitrogens is 2. The van der Waals surface area contributed by atoms with E-state index in [0.29, 0.717) is 17.1 Å². The molecule has 1 atom stereocenters.